The van der Waals surface area contributed by atoms with Crippen molar-refractivity contribution in [1.29, 1.82) is 5.41 Å². The molecule has 0 atom stereocenters. The van der Waals surface area contributed by atoms with Gasteiger partial charge in [0.05, 0.1) is 22.0 Å². The summed E-state index contributed by atoms with van der Waals surface area (Å²) in [7, 11) is 0. The molecule has 0 aliphatic carbocycles. The topological polar surface area (TPSA) is 113 Å². The molecule has 0 radical (unpaired) electrons. The lowest BCUT2D eigenvalue weighted by Gasteiger charge is -2.56. The Labute approximate surface area is 228 Å². The average Bonchev–Trinajstić information content (AvgIpc) is 2.80. The molecule has 13 heteroatoms. The molecule has 8 nitrogen and oxygen atoms in total. The Balaban J connectivity index is 0.00000148. The van der Waals surface area contributed by atoms with Crippen molar-refractivity contribution in [3.63, 3.8) is 0 Å². The van der Waals surface area contributed by atoms with Crippen LogP contribution in [0.4, 0.5) is 15.9 Å². The van der Waals surface area contributed by atoms with E-state index >= 15 is 0 Å². The lowest BCUT2D eigenvalue weighted by Crippen LogP contribution is -2.71. The minimum Gasteiger partial charge on any atom is -0.487 e. The summed E-state index contributed by atoms with van der Waals surface area (Å²) in [6.07, 6.45) is 4.52. The second-order valence-electron chi connectivity index (χ2n) is 8.48. The third-order valence-corrected chi connectivity index (χ3v) is 6.99. The van der Waals surface area contributed by atoms with E-state index in [0.29, 0.717) is 22.0 Å². The largest absolute Gasteiger partial charge is 0.487 e. The first-order valence-corrected chi connectivity index (χ1v) is 12.8. The summed E-state index contributed by atoms with van der Waals surface area (Å²) in [5.74, 6) is 0.0642. The van der Waals surface area contributed by atoms with Gasteiger partial charge in [-0.15, -0.1) is 5.10 Å². The van der Waals surface area contributed by atoms with E-state index in [-0.39, 0.29) is 44.9 Å². The second-order valence-corrected chi connectivity index (χ2v) is 9.66. The molecule has 3 aromatic rings. The first-order valence-electron chi connectivity index (χ1n) is 10.8. The van der Waals surface area contributed by atoms with Crippen molar-refractivity contribution >= 4 is 64.6 Å². The van der Waals surface area contributed by atoms with Crippen LogP contribution in [0.1, 0.15) is 16.7 Å². The Morgan fingerprint density at radius 1 is 1.19 bits per heavy atom. The Hall–Kier alpha value is -2.37. The number of hydrogen-bond donors (Lipinski definition) is 4. The van der Waals surface area contributed by atoms with Crippen LogP contribution in [0, 0.1) is 16.6 Å². The van der Waals surface area contributed by atoms with Crippen molar-refractivity contribution in [2.45, 2.75) is 6.61 Å². The highest BCUT2D eigenvalue weighted by molar-refractivity contribution is 7.79. The van der Waals surface area contributed by atoms with Gasteiger partial charge < -0.3 is 20.7 Å². The Kier molecular flexibility index (Phi) is 8.11. The minimum atomic E-state index is -0.483. The van der Waals surface area contributed by atoms with Crippen LogP contribution in [0.3, 0.4) is 0 Å². The molecule has 0 unspecified atom stereocenters. The highest BCUT2D eigenvalue weighted by Gasteiger charge is 2.48. The Bertz CT molecular complexity index is 1280. The van der Waals surface area contributed by atoms with Gasteiger partial charge in [-0.3, -0.25) is 5.41 Å². The van der Waals surface area contributed by atoms with E-state index < -0.39 is 5.82 Å². The van der Waals surface area contributed by atoms with E-state index in [1.54, 1.807) is 6.26 Å². The number of nitrogens with zero attached hydrogens (tertiary/aromatic N) is 4. The van der Waals surface area contributed by atoms with Crippen molar-refractivity contribution in [1.82, 2.24) is 20.5 Å². The van der Waals surface area contributed by atoms with E-state index in [0.717, 1.165) is 26.2 Å². The molecule has 0 saturated carbocycles. The van der Waals surface area contributed by atoms with Crippen LogP contribution in [0.5, 0.6) is 5.75 Å². The molecule has 1 spiro atoms. The number of rotatable bonds is 6. The molecule has 2 aliphatic heterocycles. The van der Waals surface area contributed by atoms with Gasteiger partial charge in [0.15, 0.2) is 16.8 Å². The lowest BCUT2D eigenvalue weighted by molar-refractivity contribution is 0.119. The molecule has 4 N–H and O–H groups in total. The first-order chi connectivity index (χ1) is 17.3. The number of nitrogens with one attached hydrogen (secondary N) is 2. The monoisotopic (exact) mass is 569 g/mol. The van der Waals surface area contributed by atoms with Crippen LogP contribution in [0.25, 0.3) is 0 Å². The molecular weight excluding hydrogens is 548 g/mol. The maximum Gasteiger partial charge on any atom is 0.166 e. The van der Waals surface area contributed by atoms with Crippen LogP contribution in [0.2, 0.25) is 15.2 Å². The zero-order valence-electron chi connectivity index (χ0n) is 19.2. The maximum atomic E-state index is 14.9. The maximum absolute atomic E-state index is 14.9. The van der Waals surface area contributed by atoms with Gasteiger partial charge in [0, 0.05) is 60.2 Å². The third-order valence-electron chi connectivity index (χ3n) is 6.06. The standard InChI is InChI=1S/C22H19Cl3FN7O.CH4S/c23-14-3-17(27)12(2-18(14)34-6-13-15(24)5-31-32-20(13)25)19(28)11-1-16(26)21(30-4-11)33-9-22(10-33)7-29-8-22;1-2/h1-5,28-29H,6-10,27H2;2H,1H3. The number of anilines is 2. The number of benzene rings is 1. The van der Waals surface area contributed by atoms with E-state index in [2.05, 4.69) is 33.1 Å². The van der Waals surface area contributed by atoms with Gasteiger partial charge in [-0.05, 0) is 24.5 Å². The fourth-order valence-corrected chi connectivity index (χ4v) is 4.78. The minimum absolute atomic E-state index is 0.0121. The highest BCUT2D eigenvalue weighted by atomic mass is 35.5. The molecule has 0 bridgehead atoms. The predicted octanol–water partition coefficient (Wildman–Crippen LogP) is 4.50. The predicted molar refractivity (Wildman–Crippen MR) is 145 cm³/mol. The van der Waals surface area contributed by atoms with Gasteiger partial charge in [-0.1, -0.05) is 34.8 Å². The average molecular weight is 571 g/mol. The van der Waals surface area contributed by atoms with Gasteiger partial charge in [-0.2, -0.15) is 17.7 Å². The van der Waals surface area contributed by atoms with Crippen LogP contribution >= 0.6 is 47.4 Å². The summed E-state index contributed by atoms with van der Waals surface area (Å²) in [4.78, 5) is 6.20. The van der Waals surface area contributed by atoms with Crippen LogP contribution in [0.15, 0.2) is 30.6 Å². The van der Waals surface area contributed by atoms with E-state index in [9.17, 15) is 4.39 Å². The zero-order chi connectivity index (χ0) is 26.0. The fourth-order valence-electron chi connectivity index (χ4n) is 4.11. The molecule has 5 rings (SSSR count). The SMILES string of the molecule is CS.N=C(c1cnc(N2CC3(CNC3)C2)c(F)c1)c1cc(OCc2c(Cl)cnnc2Cl)c(Cl)cc1N. The molecule has 2 aliphatic rings. The molecule has 1 aromatic carbocycles. The first kappa shape index (κ1) is 26.7. The number of ether oxygens (including phenoxy) is 1. The number of thiol groups is 1. The summed E-state index contributed by atoms with van der Waals surface area (Å²) in [5.41, 5.74) is 7.64. The number of pyridine rings is 1. The van der Waals surface area contributed by atoms with Crippen molar-refractivity contribution in [2.24, 2.45) is 5.41 Å². The summed E-state index contributed by atoms with van der Waals surface area (Å²) in [6, 6.07) is 4.29. The number of aromatic nitrogens is 3. The summed E-state index contributed by atoms with van der Waals surface area (Å²) < 4.78 is 20.6. The fraction of sp³-hybridized carbons (Fsp3) is 0.304. The van der Waals surface area contributed by atoms with Gasteiger partial charge in [0.1, 0.15) is 12.4 Å². The molecule has 2 saturated heterocycles. The molecule has 36 heavy (non-hydrogen) atoms. The molecule has 2 fully saturated rings. The van der Waals surface area contributed by atoms with E-state index in [1.165, 1.54) is 30.6 Å². The molecule has 190 valence electrons. The van der Waals surface area contributed by atoms with Gasteiger partial charge >= 0.3 is 0 Å². The number of nitrogens with two attached hydrogens (primary N) is 1. The zero-order valence-corrected chi connectivity index (χ0v) is 22.3. The van der Waals surface area contributed by atoms with Crippen molar-refractivity contribution < 1.29 is 9.13 Å². The Morgan fingerprint density at radius 3 is 2.53 bits per heavy atom. The van der Waals surface area contributed by atoms with Gasteiger partial charge in [0.2, 0.25) is 0 Å². The van der Waals surface area contributed by atoms with E-state index in [4.69, 9.17) is 50.7 Å². The normalized spacial score (nSPS) is 15.4. The summed E-state index contributed by atoms with van der Waals surface area (Å²) >= 11 is 22.0. The van der Waals surface area contributed by atoms with Crippen LogP contribution in [-0.4, -0.2) is 53.3 Å². The van der Waals surface area contributed by atoms with Gasteiger partial charge in [-0.25, -0.2) is 9.37 Å². The molecular formula is C23H23Cl3FN7OS. The number of halogens is 4. The molecule has 4 heterocycles. The van der Waals surface area contributed by atoms with Crippen molar-refractivity contribution in [2.75, 3.05) is 43.1 Å². The Morgan fingerprint density at radius 2 is 1.92 bits per heavy atom. The third kappa shape index (κ3) is 5.19. The highest BCUT2D eigenvalue weighted by Crippen LogP contribution is 2.38. The van der Waals surface area contributed by atoms with E-state index in [1.807, 2.05) is 4.90 Å². The summed E-state index contributed by atoms with van der Waals surface area (Å²) in [5, 5.41) is 19.9. The molecule has 2 aromatic heterocycles. The van der Waals surface area contributed by atoms with Crippen molar-refractivity contribution in [3.8, 4) is 5.75 Å². The summed E-state index contributed by atoms with van der Waals surface area (Å²) in [6.45, 7) is 3.41. The molecule has 0 amide bonds. The quantitative estimate of drug-likeness (QED) is 0.196. The van der Waals surface area contributed by atoms with Gasteiger partial charge in [0.25, 0.3) is 0 Å². The lowest BCUT2D eigenvalue weighted by atomic mass is 9.74. The second kappa shape index (κ2) is 10.9. The van der Waals surface area contributed by atoms with Crippen LogP contribution in [-0.2, 0) is 6.61 Å². The van der Waals surface area contributed by atoms with Crippen molar-refractivity contribution in [3.05, 3.63) is 68.3 Å². The van der Waals surface area contributed by atoms with Crippen LogP contribution < -0.4 is 20.7 Å². The number of nitrogen functional groups attached to an aromatic ring is 1. The number of hydrogen-bond acceptors (Lipinski definition) is 9. The smallest absolute Gasteiger partial charge is 0.166 e.